The van der Waals surface area contributed by atoms with Crippen molar-refractivity contribution >= 4 is 44.8 Å². The van der Waals surface area contributed by atoms with Gasteiger partial charge in [0.1, 0.15) is 11.9 Å². The summed E-state index contributed by atoms with van der Waals surface area (Å²) in [4.78, 5) is 17.5. The molecular formula is C29H33Cl2N3O5S. The van der Waals surface area contributed by atoms with Gasteiger partial charge in [0, 0.05) is 31.2 Å². The topological polar surface area (TPSA) is 99.2 Å². The van der Waals surface area contributed by atoms with Crippen LogP contribution in [0.4, 0.5) is 5.69 Å². The Morgan fingerprint density at radius 3 is 2.50 bits per heavy atom. The lowest BCUT2D eigenvalue weighted by Gasteiger charge is -2.38. The van der Waals surface area contributed by atoms with E-state index in [1.165, 1.54) is 18.2 Å². The second kappa shape index (κ2) is 12.8. The first-order valence-electron chi connectivity index (χ1n) is 12.9. The van der Waals surface area contributed by atoms with E-state index >= 15 is 0 Å². The van der Waals surface area contributed by atoms with E-state index in [4.69, 9.17) is 27.9 Å². The predicted octanol–water partition coefficient (Wildman–Crippen LogP) is 5.15. The van der Waals surface area contributed by atoms with Crippen LogP contribution in [0.25, 0.3) is 0 Å². The molecule has 40 heavy (non-hydrogen) atoms. The van der Waals surface area contributed by atoms with Crippen molar-refractivity contribution in [1.29, 1.82) is 0 Å². The zero-order chi connectivity index (χ0) is 29.0. The standard InChI is InChI=1S/C29H33Cl2N3O5S/c1-19-15-34(20(2)18-35)29(36)24-14-22(32-40(37,38)23-7-5-4-6-8-23)10-12-27(24)39-28(19)17-33(3)16-21-9-11-25(30)26(31)13-21/h4-14,19-20,28,32,35H,15-18H2,1-3H3/t19-,20-,28-/m1/s1. The molecule has 0 saturated heterocycles. The molecule has 1 heterocycles. The number of nitrogens with one attached hydrogen (secondary N) is 1. The van der Waals surface area contributed by atoms with Gasteiger partial charge < -0.3 is 14.7 Å². The highest BCUT2D eigenvalue weighted by molar-refractivity contribution is 7.92. The number of aliphatic hydroxyl groups is 1. The minimum atomic E-state index is -3.86. The number of fused-ring (bicyclic) bond motifs is 1. The summed E-state index contributed by atoms with van der Waals surface area (Å²) in [5, 5.41) is 10.9. The minimum Gasteiger partial charge on any atom is -0.488 e. The van der Waals surface area contributed by atoms with Crippen LogP contribution in [0.2, 0.25) is 10.0 Å². The molecule has 3 aromatic rings. The van der Waals surface area contributed by atoms with Crippen molar-refractivity contribution in [3.63, 3.8) is 0 Å². The Morgan fingerprint density at radius 2 is 1.82 bits per heavy atom. The monoisotopic (exact) mass is 605 g/mol. The van der Waals surface area contributed by atoms with E-state index in [2.05, 4.69) is 9.62 Å². The van der Waals surface area contributed by atoms with Gasteiger partial charge in [-0.1, -0.05) is 54.4 Å². The third-order valence-electron chi connectivity index (χ3n) is 6.90. The molecule has 0 aromatic heterocycles. The molecule has 0 unspecified atom stereocenters. The molecule has 1 aliphatic heterocycles. The largest absolute Gasteiger partial charge is 0.488 e. The number of benzene rings is 3. The summed E-state index contributed by atoms with van der Waals surface area (Å²) in [6, 6.07) is 17.8. The number of likely N-dealkylation sites (N-methyl/N-ethyl adjacent to an activating group) is 1. The van der Waals surface area contributed by atoms with Gasteiger partial charge in [0.05, 0.1) is 33.2 Å². The first kappa shape index (κ1) is 30.1. The summed E-state index contributed by atoms with van der Waals surface area (Å²) in [7, 11) is -1.89. The molecule has 0 fully saturated rings. The van der Waals surface area contributed by atoms with Gasteiger partial charge in [0.15, 0.2) is 0 Å². The van der Waals surface area contributed by atoms with Crippen molar-refractivity contribution < 1.29 is 23.1 Å². The number of amides is 1. The summed E-state index contributed by atoms with van der Waals surface area (Å²) in [6.45, 7) is 5.07. The third-order valence-corrected chi connectivity index (χ3v) is 9.03. The summed E-state index contributed by atoms with van der Waals surface area (Å²) < 4.78 is 34.8. The van der Waals surface area contributed by atoms with Crippen LogP contribution in [0.1, 0.15) is 29.8 Å². The van der Waals surface area contributed by atoms with Crippen molar-refractivity contribution in [3.8, 4) is 5.75 Å². The molecule has 0 aliphatic carbocycles. The molecular weight excluding hydrogens is 573 g/mol. The van der Waals surface area contributed by atoms with E-state index in [0.717, 1.165) is 5.56 Å². The second-order valence-corrected chi connectivity index (χ2v) is 12.7. The summed E-state index contributed by atoms with van der Waals surface area (Å²) in [6.07, 6.45) is -0.306. The average Bonchev–Trinajstić information content (AvgIpc) is 2.93. The number of ether oxygens (including phenoxy) is 1. The van der Waals surface area contributed by atoms with Crippen molar-refractivity contribution in [2.45, 2.75) is 37.4 Å². The number of hydrogen-bond donors (Lipinski definition) is 2. The molecule has 1 aliphatic rings. The Labute approximate surface area is 245 Å². The van der Waals surface area contributed by atoms with Gasteiger partial charge in [0.25, 0.3) is 15.9 Å². The number of hydrogen-bond acceptors (Lipinski definition) is 6. The number of halogens is 2. The minimum absolute atomic E-state index is 0.0707. The summed E-state index contributed by atoms with van der Waals surface area (Å²) >= 11 is 12.3. The molecule has 3 aromatic carbocycles. The maximum atomic E-state index is 13.7. The maximum Gasteiger partial charge on any atom is 0.261 e. The van der Waals surface area contributed by atoms with Gasteiger partial charge in [-0.3, -0.25) is 14.4 Å². The first-order chi connectivity index (χ1) is 19.0. The van der Waals surface area contributed by atoms with Crippen LogP contribution < -0.4 is 9.46 Å². The quantitative estimate of drug-likeness (QED) is 0.350. The van der Waals surface area contributed by atoms with Crippen molar-refractivity contribution in [1.82, 2.24) is 9.80 Å². The van der Waals surface area contributed by atoms with Crippen LogP contribution in [0.3, 0.4) is 0 Å². The van der Waals surface area contributed by atoms with Gasteiger partial charge in [-0.05, 0) is 62.0 Å². The second-order valence-electron chi connectivity index (χ2n) is 10.2. The molecule has 0 saturated carbocycles. The number of aliphatic hydroxyl groups excluding tert-OH is 1. The van der Waals surface area contributed by atoms with Crippen molar-refractivity contribution in [2.75, 3.05) is 31.5 Å². The fraction of sp³-hybridized carbons (Fsp3) is 0.345. The van der Waals surface area contributed by atoms with E-state index < -0.39 is 16.1 Å². The molecule has 0 radical (unpaired) electrons. The SMILES string of the molecule is C[C@@H]1CN([C@H](C)CO)C(=O)c2cc(NS(=O)(=O)c3ccccc3)ccc2O[C@@H]1CN(C)Cc1ccc(Cl)c(Cl)c1. The molecule has 2 N–H and O–H groups in total. The van der Waals surface area contributed by atoms with E-state index in [0.29, 0.717) is 35.4 Å². The highest BCUT2D eigenvalue weighted by Crippen LogP contribution is 2.32. The smallest absolute Gasteiger partial charge is 0.261 e. The molecule has 1 amide bonds. The fourth-order valence-corrected chi connectivity index (χ4v) is 6.03. The van der Waals surface area contributed by atoms with Gasteiger partial charge in [-0.2, -0.15) is 0 Å². The Hall–Kier alpha value is -2.82. The third kappa shape index (κ3) is 7.08. The van der Waals surface area contributed by atoms with Crippen molar-refractivity contribution in [2.24, 2.45) is 5.92 Å². The Balaban J connectivity index is 1.62. The molecule has 0 spiro atoms. The zero-order valence-electron chi connectivity index (χ0n) is 22.6. The maximum absolute atomic E-state index is 13.7. The van der Waals surface area contributed by atoms with E-state index in [-0.39, 0.29) is 40.7 Å². The van der Waals surface area contributed by atoms with Crippen LogP contribution in [0.15, 0.2) is 71.6 Å². The summed E-state index contributed by atoms with van der Waals surface area (Å²) in [5.74, 6) is -0.0623. The van der Waals surface area contributed by atoms with Crippen molar-refractivity contribution in [3.05, 3.63) is 87.9 Å². The number of carbonyl (C=O) groups is 1. The van der Waals surface area contributed by atoms with Crippen LogP contribution >= 0.6 is 23.2 Å². The van der Waals surface area contributed by atoms with Gasteiger partial charge in [-0.15, -0.1) is 0 Å². The molecule has 11 heteroatoms. The lowest BCUT2D eigenvalue weighted by molar-refractivity contribution is 0.0341. The molecule has 0 bridgehead atoms. The van der Waals surface area contributed by atoms with Crippen LogP contribution in [0.5, 0.6) is 5.75 Å². The van der Waals surface area contributed by atoms with Gasteiger partial charge in [-0.25, -0.2) is 8.42 Å². The van der Waals surface area contributed by atoms with E-state index in [9.17, 15) is 18.3 Å². The van der Waals surface area contributed by atoms with Crippen LogP contribution in [-0.2, 0) is 16.6 Å². The van der Waals surface area contributed by atoms with Crippen LogP contribution in [0, 0.1) is 5.92 Å². The number of sulfonamides is 1. The lowest BCUT2D eigenvalue weighted by atomic mass is 9.99. The number of rotatable bonds is 9. The molecule has 8 nitrogen and oxygen atoms in total. The van der Waals surface area contributed by atoms with Crippen LogP contribution in [-0.4, -0.2) is 68.1 Å². The fourth-order valence-electron chi connectivity index (χ4n) is 4.64. The highest BCUT2D eigenvalue weighted by atomic mass is 35.5. The van der Waals surface area contributed by atoms with E-state index in [1.807, 2.05) is 26.1 Å². The Kier molecular flexibility index (Phi) is 9.64. The summed E-state index contributed by atoms with van der Waals surface area (Å²) in [5.41, 5.74) is 1.45. The van der Waals surface area contributed by atoms with E-state index in [1.54, 1.807) is 48.2 Å². The first-order valence-corrected chi connectivity index (χ1v) is 15.1. The zero-order valence-corrected chi connectivity index (χ0v) is 24.9. The highest BCUT2D eigenvalue weighted by Gasteiger charge is 2.33. The number of anilines is 1. The molecule has 214 valence electrons. The van der Waals surface area contributed by atoms with Gasteiger partial charge in [0.2, 0.25) is 0 Å². The number of nitrogens with zero attached hydrogens (tertiary/aromatic N) is 2. The Morgan fingerprint density at radius 1 is 1.10 bits per heavy atom. The van der Waals surface area contributed by atoms with Gasteiger partial charge >= 0.3 is 0 Å². The average molecular weight is 607 g/mol. The normalized spacial score (nSPS) is 18.5. The predicted molar refractivity (Wildman–Crippen MR) is 158 cm³/mol. The molecule has 4 rings (SSSR count). The Bertz CT molecular complexity index is 1460. The molecule has 3 atom stereocenters. The lowest BCUT2D eigenvalue weighted by Crippen LogP contribution is -2.49. The number of carbonyl (C=O) groups excluding carboxylic acids is 1.